The summed E-state index contributed by atoms with van der Waals surface area (Å²) < 4.78 is 46.9. The lowest BCUT2D eigenvalue weighted by Crippen LogP contribution is -2.07. The van der Waals surface area contributed by atoms with Crippen LogP contribution in [0.25, 0.3) is 10.9 Å². The molecule has 6 nitrogen and oxygen atoms in total. The first-order valence-electron chi connectivity index (χ1n) is 5.86. The fourth-order valence-electron chi connectivity index (χ4n) is 2.04. The van der Waals surface area contributed by atoms with Gasteiger partial charge in [-0.15, -0.1) is 0 Å². The Kier molecular flexibility index (Phi) is 3.96. The third-order valence-corrected chi connectivity index (χ3v) is 3.43. The number of aromatic nitrogens is 2. The molecule has 0 aliphatic carbocycles. The summed E-state index contributed by atoms with van der Waals surface area (Å²) in [6.07, 6.45) is 1.22. The molecule has 1 heterocycles. The first kappa shape index (κ1) is 14.7. The lowest BCUT2D eigenvalue weighted by atomic mass is 10.1. The molecule has 0 aliphatic heterocycles. The van der Waals surface area contributed by atoms with Gasteiger partial charge in [0.1, 0.15) is 0 Å². The van der Waals surface area contributed by atoms with Gasteiger partial charge in [-0.2, -0.15) is 13.5 Å². The van der Waals surface area contributed by atoms with Crippen molar-refractivity contribution >= 4 is 21.0 Å². The Labute approximate surface area is 116 Å². The number of nitrogens with zero attached hydrogens (tertiary/aromatic N) is 2. The molecule has 0 fully saturated rings. The van der Waals surface area contributed by atoms with Crippen LogP contribution < -0.4 is 4.74 Å². The van der Waals surface area contributed by atoms with E-state index in [0.717, 1.165) is 6.26 Å². The van der Waals surface area contributed by atoms with Gasteiger partial charge in [-0.05, 0) is 12.1 Å². The zero-order chi connectivity index (χ0) is 14.9. The standard InChI is InChI=1S/C12H15FN2O4S/c1-15-10-5-4-8(13)12(18-2)11(10)9(14-15)6-7-19-20(3,16)17/h4-5H,6-7H2,1-3H3. The molecule has 0 aliphatic rings. The number of methoxy groups -OCH3 is 1. The number of benzene rings is 1. The lowest BCUT2D eigenvalue weighted by Gasteiger charge is -2.05. The van der Waals surface area contributed by atoms with E-state index in [2.05, 4.69) is 9.28 Å². The van der Waals surface area contributed by atoms with E-state index in [4.69, 9.17) is 4.74 Å². The van der Waals surface area contributed by atoms with Crippen LogP contribution in [-0.4, -0.2) is 38.2 Å². The third kappa shape index (κ3) is 2.91. The van der Waals surface area contributed by atoms with Crippen molar-refractivity contribution in [3.8, 4) is 5.75 Å². The Morgan fingerprint density at radius 2 is 2.10 bits per heavy atom. The van der Waals surface area contributed by atoms with Gasteiger partial charge in [-0.25, -0.2) is 4.39 Å². The highest BCUT2D eigenvalue weighted by molar-refractivity contribution is 7.85. The summed E-state index contributed by atoms with van der Waals surface area (Å²) >= 11 is 0. The first-order chi connectivity index (χ1) is 9.33. The molecule has 0 saturated carbocycles. The second-order valence-corrected chi connectivity index (χ2v) is 5.97. The van der Waals surface area contributed by atoms with E-state index < -0.39 is 15.9 Å². The summed E-state index contributed by atoms with van der Waals surface area (Å²) in [5.41, 5.74) is 1.24. The largest absolute Gasteiger partial charge is 0.493 e. The smallest absolute Gasteiger partial charge is 0.264 e. The molecule has 0 unspecified atom stereocenters. The number of hydrogen-bond acceptors (Lipinski definition) is 5. The van der Waals surface area contributed by atoms with Crippen LogP contribution in [0.15, 0.2) is 12.1 Å². The Morgan fingerprint density at radius 1 is 1.40 bits per heavy atom. The molecule has 8 heteroatoms. The van der Waals surface area contributed by atoms with E-state index >= 15 is 0 Å². The molecule has 1 aromatic carbocycles. The van der Waals surface area contributed by atoms with E-state index in [0.29, 0.717) is 16.6 Å². The normalized spacial score (nSPS) is 12.0. The molecule has 2 aromatic rings. The topological polar surface area (TPSA) is 70.4 Å². The molecule has 0 spiro atoms. The maximum Gasteiger partial charge on any atom is 0.264 e. The van der Waals surface area contributed by atoms with Crippen LogP contribution in [0, 0.1) is 5.82 Å². The number of hydrogen-bond donors (Lipinski definition) is 0. The van der Waals surface area contributed by atoms with Gasteiger partial charge < -0.3 is 4.74 Å². The number of rotatable bonds is 5. The highest BCUT2D eigenvalue weighted by Crippen LogP contribution is 2.31. The van der Waals surface area contributed by atoms with Crippen molar-refractivity contribution in [2.24, 2.45) is 7.05 Å². The molecule has 0 saturated heterocycles. The van der Waals surface area contributed by atoms with Crippen molar-refractivity contribution in [1.82, 2.24) is 9.78 Å². The minimum Gasteiger partial charge on any atom is -0.493 e. The van der Waals surface area contributed by atoms with E-state index in [9.17, 15) is 12.8 Å². The Hall–Kier alpha value is -1.67. The highest BCUT2D eigenvalue weighted by Gasteiger charge is 2.17. The second-order valence-electron chi connectivity index (χ2n) is 4.32. The van der Waals surface area contributed by atoms with Crippen LogP contribution in [0.1, 0.15) is 5.69 Å². The molecule has 0 bridgehead atoms. The van der Waals surface area contributed by atoms with Crippen molar-refractivity contribution in [1.29, 1.82) is 0 Å². The van der Waals surface area contributed by atoms with Gasteiger partial charge >= 0.3 is 0 Å². The monoisotopic (exact) mass is 302 g/mol. The lowest BCUT2D eigenvalue weighted by molar-refractivity contribution is 0.324. The predicted octanol–water partition coefficient (Wildman–Crippen LogP) is 1.24. The van der Waals surface area contributed by atoms with Gasteiger partial charge in [0.15, 0.2) is 11.6 Å². The van der Waals surface area contributed by atoms with Gasteiger partial charge in [0.05, 0.1) is 36.6 Å². The first-order valence-corrected chi connectivity index (χ1v) is 7.67. The van der Waals surface area contributed by atoms with Crippen LogP contribution in [0.3, 0.4) is 0 Å². The maximum atomic E-state index is 13.7. The van der Waals surface area contributed by atoms with Crippen LogP contribution in [0.5, 0.6) is 5.75 Å². The maximum absolute atomic E-state index is 13.7. The van der Waals surface area contributed by atoms with Gasteiger partial charge in [-0.3, -0.25) is 8.86 Å². The Bertz CT molecular complexity index is 739. The van der Waals surface area contributed by atoms with Crippen molar-refractivity contribution in [3.63, 3.8) is 0 Å². The summed E-state index contributed by atoms with van der Waals surface area (Å²) in [7, 11) is -0.405. The minimum atomic E-state index is -3.50. The summed E-state index contributed by atoms with van der Waals surface area (Å²) in [6, 6.07) is 2.90. The number of halogens is 1. The molecule has 0 N–H and O–H groups in total. The third-order valence-electron chi connectivity index (χ3n) is 2.84. The molecule has 20 heavy (non-hydrogen) atoms. The van der Waals surface area contributed by atoms with Crippen molar-refractivity contribution in [2.45, 2.75) is 6.42 Å². The predicted molar refractivity (Wildman–Crippen MR) is 71.7 cm³/mol. The zero-order valence-electron chi connectivity index (χ0n) is 11.4. The number of ether oxygens (including phenoxy) is 1. The molecular weight excluding hydrogens is 287 g/mol. The van der Waals surface area contributed by atoms with Gasteiger partial charge in [0, 0.05) is 13.5 Å². The van der Waals surface area contributed by atoms with E-state index in [-0.39, 0.29) is 18.8 Å². The van der Waals surface area contributed by atoms with E-state index in [1.165, 1.54) is 13.2 Å². The fourth-order valence-corrected chi connectivity index (χ4v) is 2.43. The van der Waals surface area contributed by atoms with Crippen LogP contribution in [0.2, 0.25) is 0 Å². The average molecular weight is 302 g/mol. The van der Waals surface area contributed by atoms with Crippen LogP contribution in [-0.2, 0) is 27.8 Å². The van der Waals surface area contributed by atoms with Gasteiger partial charge in [0.2, 0.25) is 0 Å². The summed E-state index contributed by atoms with van der Waals surface area (Å²) in [6.45, 7) is -0.0510. The zero-order valence-corrected chi connectivity index (χ0v) is 12.2. The minimum absolute atomic E-state index is 0.0510. The van der Waals surface area contributed by atoms with E-state index in [1.807, 2.05) is 0 Å². The van der Waals surface area contributed by atoms with E-state index in [1.54, 1.807) is 17.8 Å². The quantitative estimate of drug-likeness (QED) is 0.777. The Balaban J connectivity index is 2.41. The average Bonchev–Trinajstić information content (AvgIpc) is 2.65. The summed E-state index contributed by atoms with van der Waals surface area (Å²) in [5, 5.41) is 4.79. The number of fused-ring (bicyclic) bond motifs is 1. The van der Waals surface area contributed by atoms with Crippen molar-refractivity contribution < 1.29 is 21.7 Å². The van der Waals surface area contributed by atoms with Gasteiger partial charge in [-0.1, -0.05) is 0 Å². The fraction of sp³-hybridized carbons (Fsp3) is 0.417. The summed E-state index contributed by atoms with van der Waals surface area (Å²) in [5.74, 6) is -0.386. The summed E-state index contributed by atoms with van der Waals surface area (Å²) in [4.78, 5) is 0. The van der Waals surface area contributed by atoms with Crippen molar-refractivity contribution in [2.75, 3.05) is 20.0 Å². The van der Waals surface area contributed by atoms with Crippen molar-refractivity contribution in [3.05, 3.63) is 23.6 Å². The van der Waals surface area contributed by atoms with Crippen LogP contribution in [0.4, 0.5) is 4.39 Å². The molecule has 2 rings (SSSR count). The molecule has 110 valence electrons. The molecule has 1 aromatic heterocycles. The molecule has 0 radical (unpaired) electrons. The van der Waals surface area contributed by atoms with Crippen LogP contribution >= 0.6 is 0 Å². The molecule has 0 atom stereocenters. The second kappa shape index (κ2) is 5.37. The highest BCUT2D eigenvalue weighted by atomic mass is 32.2. The molecule has 0 amide bonds. The molecular formula is C12H15FN2O4S. The SMILES string of the molecule is COc1c(F)ccc2c1c(CCOS(C)(=O)=O)nn2C. The van der Waals surface area contributed by atoms with Gasteiger partial charge in [0.25, 0.3) is 10.1 Å². The number of aryl methyl sites for hydroxylation is 1. The Morgan fingerprint density at radius 3 is 2.70 bits per heavy atom.